The summed E-state index contributed by atoms with van der Waals surface area (Å²) in [6.45, 7) is 0. The zero-order valence-electron chi connectivity index (χ0n) is 9.76. The highest BCUT2D eigenvalue weighted by Crippen LogP contribution is 2.37. The van der Waals surface area contributed by atoms with E-state index >= 15 is 0 Å². The summed E-state index contributed by atoms with van der Waals surface area (Å²) in [5.41, 5.74) is -1.29. The zero-order valence-corrected chi connectivity index (χ0v) is 9.76. The van der Waals surface area contributed by atoms with E-state index < -0.39 is 23.5 Å². The molecule has 0 saturated carbocycles. The molecule has 1 heterocycles. The van der Waals surface area contributed by atoms with Crippen LogP contribution in [0, 0.1) is 0 Å². The summed E-state index contributed by atoms with van der Waals surface area (Å²) in [6, 6.07) is 6.83. The van der Waals surface area contributed by atoms with E-state index in [1.807, 2.05) is 0 Å². The Morgan fingerprint density at radius 2 is 1.80 bits per heavy atom. The first-order valence-electron chi connectivity index (χ1n) is 5.29. The van der Waals surface area contributed by atoms with Crippen LogP contribution in [0.5, 0.6) is 11.6 Å². The Kier molecular flexibility index (Phi) is 3.55. The predicted molar refractivity (Wildman–Crippen MR) is 60.5 cm³/mol. The molecule has 0 amide bonds. The predicted octanol–water partition coefficient (Wildman–Crippen LogP) is 2.99. The molecule has 1 aromatic heterocycles. The van der Waals surface area contributed by atoms with Crippen molar-refractivity contribution in [3.8, 4) is 11.6 Å². The first kappa shape index (κ1) is 13.8. The van der Waals surface area contributed by atoms with Gasteiger partial charge in [-0.15, -0.1) is 10.2 Å². The number of rotatable bonds is 3. The molecule has 2 aromatic rings. The molecule has 20 heavy (non-hydrogen) atoms. The first-order valence-corrected chi connectivity index (χ1v) is 5.29. The number of hydrogen-bond donors (Lipinski definition) is 1. The van der Waals surface area contributed by atoms with Gasteiger partial charge < -0.3 is 9.84 Å². The van der Waals surface area contributed by atoms with Crippen molar-refractivity contribution in [2.75, 3.05) is 0 Å². The minimum Gasteiger partial charge on any atom is -0.476 e. The Bertz CT molecular complexity index is 627. The molecule has 8 heteroatoms. The van der Waals surface area contributed by atoms with Gasteiger partial charge in [0.25, 0.3) is 0 Å². The van der Waals surface area contributed by atoms with Crippen molar-refractivity contribution in [1.82, 2.24) is 10.2 Å². The molecular weight excluding hydrogens is 277 g/mol. The first-order chi connectivity index (χ1) is 9.38. The topological polar surface area (TPSA) is 72.3 Å². The molecule has 0 atom stereocenters. The van der Waals surface area contributed by atoms with Gasteiger partial charge in [0.15, 0.2) is 5.69 Å². The maximum Gasteiger partial charge on any atom is 0.419 e. The van der Waals surface area contributed by atoms with Crippen molar-refractivity contribution in [2.24, 2.45) is 0 Å². The third kappa shape index (κ3) is 3.02. The summed E-state index contributed by atoms with van der Waals surface area (Å²) in [5.74, 6) is -1.95. The van der Waals surface area contributed by atoms with Crippen molar-refractivity contribution in [3.05, 3.63) is 47.7 Å². The van der Waals surface area contributed by atoms with E-state index in [4.69, 9.17) is 9.84 Å². The monoisotopic (exact) mass is 284 g/mol. The third-order valence-electron chi connectivity index (χ3n) is 2.27. The second kappa shape index (κ2) is 5.16. The Hall–Kier alpha value is -2.64. The Morgan fingerprint density at radius 1 is 1.10 bits per heavy atom. The van der Waals surface area contributed by atoms with E-state index in [1.54, 1.807) is 0 Å². The van der Waals surface area contributed by atoms with Crippen molar-refractivity contribution >= 4 is 5.97 Å². The van der Waals surface area contributed by atoms with Gasteiger partial charge in [0, 0.05) is 6.07 Å². The van der Waals surface area contributed by atoms with Crippen molar-refractivity contribution in [3.63, 3.8) is 0 Å². The van der Waals surface area contributed by atoms with E-state index in [2.05, 4.69) is 10.2 Å². The highest BCUT2D eigenvalue weighted by molar-refractivity contribution is 5.84. The molecule has 0 bridgehead atoms. The molecule has 0 aliphatic rings. The summed E-state index contributed by atoms with van der Waals surface area (Å²) >= 11 is 0. The van der Waals surface area contributed by atoms with E-state index in [0.29, 0.717) is 0 Å². The standard InChI is InChI=1S/C12H7F3N2O3/c13-12(14,15)7-3-1-2-4-9(7)20-10-6-5-8(11(18)19)16-17-10/h1-6H,(H,18,19). The number of carboxylic acid groups (broad SMARTS) is 1. The van der Waals surface area contributed by atoms with Crippen LogP contribution in [-0.4, -0.2) is 21.3 Å². The molecule has 0 unspecified atom stereocenters. The number of benzene rings is 1. The Labute approximate surface area is 110 Å². The second-order valence-electron chi connectivity index (χ2n) is 3.66. The maximum atomic E-state index is 12.7. The van der Waals surface area contributed by atoms with Crippen LogP contribution in [0.4, 0.5) is 13.2 Å². The number of aromatic carboxylic acids is 1. The van der Waals surface area contributed by atoms with Crippen LogP contribution in [0.15, 0.2) is 36.4 Å². The molecular formula is C12H7F3N2O3. The fraction of sp³-hybridized carbons (Fsp3) is 0.0833. The van der Waals surface area contributed by atoms with Crippen LogP contribution < -0.4 is 4.74 Å². The Balaban J connectivity index is 2.28. The number of hydrogen-bond acceptors (Lipinski definition) is 4. The number of ether oxygens (including phenoxy) is 1. The van der Waals surface area contributed by atoms with Crippen LogP contribution in [0.2, 0.25) is 0 Å². The molecule has 0 aliphatic heterocycles. The largest absolute Gasteiger partial charge is 0.476 e. The van der Waals surface area contributed by atoms with Gasteiger partial charge in [-0.2, -0.15) is 13.2 Å². The number of alkyl halides is 3. The molecule has 0 spiro atoms. The molecule has 5 nitrogen and oxygen atoms in total. The third-order valence-corrected chi connectivity index (χ3v) is 2.27. The number of halogens is 3. The molecule has 2 rings (SSSR count). The van der Waals surface area contributed by atoms with E-state index in [0.717, 1.165) is 24.3 Å². The van der Waals surface area contributed by atoms with Gasteiger partial charge in [-0.1, -0.05) is 12.1 Å². The molecule has 1 aromatic carbocycles. The minimum atomic E-state index is -4.56. The van der Waals surface area contributed by atoms with Crippen LogP contribution in [0.1, 0.15) is 16.1 Å². The molecule has 0 saturated heterocycles. The molecule has 1 N–H and O–H groups in total. The summed E-state index contributed by atoms with van der Waals surface area (Å²) in [7, 11) is 0. The number of carbonyl (C=O) groups is 1. The van der Waals surface area contributed by atoms with Crippen molar-refractivity contribution in [1.29, 1.82) is 0 Å². The lowest BCUT2D eigenvalue weighted by molar-refractivity contribution is -0.138. The number of para-hydroxylation sites is 1. The number of nitrogens with zero attached hydrogens (tertiary/aromatic N) is 2. The van der Waals surface area contributed by atoms with Gasteiger partial charge in [0.1, 0.15) is 5.75 Å². The van der Waals surface area contributed by atoms with Gasteiger partial charge in [0.05, 0.1) is 5.56 Å². The number of carboxylic acids is 1. The molecule has 0 radical (unpaired) electrons. The van der Waals surface area contributed by atoms with E-state index in [9.17, 15) is 18.0 Å². The van der Waals surface area contributed by atoms with Crippen LogP contribution >= 0.6 is 0 Å². The Morgan fingerprint density at radius 3 is 2.35 bits per heavy atom. The lowest BCUT2D eigenvalue weighted by Gasteiger charge is -2.12. The van der Waals surface area contributed by atoms with Gasteiger partial charge in [-0.25, -0.2) is 4.79 Å². The highest BCUT2D eigenvalue weighted by atomic mass is 19.4. The summed E-state index contributed by atoms with van der Waals surface area (Å²) in [6.07, 6.45) is -4.56. The van der Waals surface area contributed by atoms with Gasteiger partial charge in [0.2, 0.25) is 5.88 Å². The molecule has 0 fully saturated rings. The van der Waals surface area contributed by atoms with Crippen LogP contribution in [0.25, 0.3) is 0 Å². The van der Waals surface area contributed by atoms with Gasteiger partial charge >= 0.3 is 12.1 Å². The zero-order chi connectivity index (χ0) is 14.8. The van der Waals surface area contributed by atoms with E-state index in [1.165, 1.54) is 12.1 Å². The summed E-state index contributed by atoms with van der Waals surface area (Å²) in [5, 5.41) is 15.3. The van der Waals surface area contributed by atoms with Crippen LogP contribution in [0.3, 0.4) is 0 Å². The lowest BCUT2D eigenvalue weighted by Crippen LogP contribution is -2.07. The second-order valence-corrected chi connectivity index (χ2v) is 3.66. The average Bonchev–Trinajstić information content (AvgIpc) is 2.38. The lowest BCUT2D eigenvalue weighted by atomic mass is 10.2. The maximum absolute atomic E-state index is 12.7. The smallest absolute Gasteiger partial charge is 0.419 e. The minimum absolute atomic E-state index is 0.230. The fourth-order valence-electron chi connectivity index (χ4n) is 1.39. The number of aromatic nitrogens is 2. The van der Waals surface area contributed by atoms with Gasteiger partial charge in [-0.3, -0.25) is 0 Å². The summed E-state index contributed by atoms with van der Waals surface area (Å²) < 4.78 is 43.2. The van der Waals surface area contributed by atoms with E-state index in [-0.39, 0.29) is 11.6 Å². The average molecular weight is 284 g/mol. The van der Waals surface area contributed by atoms with Crippen molar-refractivity contribution in [2.45, 2.75) is 6.18 Å². The fourth-order valence-corrected chi connectivity index (χ4v) is 1.39. The van der Waals surface area contributed by atoms with Crippen LogP contribution in [-0.2, 0) is 6.18 Å². The quantitative estimate of drug-likeness (QED) is 0.938. The molecule has 0 aliphatic carbocycles. The van der Waals surface area contributed by atoms with Crippen molar-refractivity contribution < 1.29 is 27.8 Å². The SMILES string of the molecule is O=C(O)c1ccc(Oc2ccccc2C(F)(F)F)nn1. The highest BCUT2D eigenvalue weighted by Gasteiger charge is 2.34. The van der Waals surface area contributed by atoms with Gasteiger partial charge in [-0.05, 0) is 18.2 Å². The normalized spacial score (nSPS) is 11.2. The summed E-state index contributed by atoms with van der Waals surface area (Å²) in [4.78, 5) is 10.6. The molecule has 104 valence electrons.